The van der Waals surface area contributed by atoms with Crippen LogP contribution in [0, 0.1) is 0 Å². The van der Waals surface area contributed by atoms with Crippen LogP contribution in [-0.4, -0.2) is 62.8 Å². The lowest BCUT2D eigenvalue weighted by Gasteiger charge is -2.28. The van der Waals surface area contributed by atoms with Gasteiger partial charge in [0.15, 0.2) is 0 Å². The number of benzene rings is 7. The Morgan fingerprint density at radius 2 is 0.800 bits per heavy atom. The zero-order chi connectivity index (χ0) is 31.3. The van der Waals surface area contributed by atoms with Crippen molar-refractivity contribution < 1.29 is 4.42 Å². The minimum atomic E-state index is 0.176. The molecule has 0 spiro atoms. The Hall–Kier alpha value is -4.36. The molecule has 1 nitrogen and oxygen atoms in total. The molecular weight excluding hydrogens is 535 g/mol. The third-order valence-electron chi connectivity index (χ3n) is 9.02. The Labute approximate surface area is 271 Å². The summed E-state index contributed by atoms with van der Waals surface area (Å²) in [5, 5.41) is 6.29. The van der Waals surface area contributed by atoms with Crippen LogP contribution >= 0.6 is 0 Å². The SMILES string of the molecule is [B]c1c([B])c([B])c2c(-c3ccc4oc5ccccc5c4c3)c3c([B])c([B])c([B])c([B])c3c(-c3ccc4ccccc4c3)c2c1[B]. The third-order valence-corrected chi connectivity index (χ3v) is 9.02. The second-order valence-corrected chi connectivity index (χ2v) is 11.4. The lowest BCUT2D eigenvalue weighted by molar-refractivity contribution is 0.669. The summed E-state index contributed by atoms with van der Waals surface area (Å²) in [5.74, 6) is 0. The van der Waals surface area contributed by atoms with Crippen molar-refractivity contribution >= 4 is 161 Å². The molecule has 0 bridgehead atoms. The highest BCUT2D eigenvalue weighted by Gasteiger charge is 2.25. The smallest absolute Gasteiger partial charge is 0.135 e. The van der Waals surface area contributed by atoms with Crippen LogP contribution in [0.4, 0.5) is 0 Å². The Balaban J connectivity index is 1.66. The molecular formula is C36H14B8O. The van der Waals surface area contributed by atoms with Gasteiger partial charge in [-0.05, 0) is 78.8 Å². The van der Waals surface area contributed by atoms with E-state index in [2.05, 4.69) is 6.07 Å². The van der Waals surface area contributed by atoms with E-state index in [-0.39, 0.29) is 43.7 Å². The largest absolute Gasteiger partial charge is 0.456 e. The van der Waals surface area contributed by atoms with Crippen molar-refractivity contribution in [2.75, 3.05) is 0 Å². The van der Waals surface area contributed by atoms with Crippen molar-refractivity contribution in [2.24, 2.45) is 0 Å². The summed E-state index contributed by atoms with van der Waals surface area (Å²) in [7, 11) is 53.6. The predicted molar refractivity (Wildman–Crippen MR) is 200 cm³/mol. The molecule has 8 rings (SSSR count). The fraction of sp³-hybridized carbons (Fsp3) is 0. The van der Waals surface area contributed by atoms with Gasteiger partial charge in [-0.3, -0.25) is 0 Å². The Kier molecular flexibility index (Phi) is 6.30. The zero-order valence-corrected chi connectivity index (χ0v) is 24.1. The minimum absolute atomic E-state index is 0.176. The van der Waals surface area contributed by atoms with Gasteiger partial charge in [0.1, 0.15) is 73.9 Å². The maximum atomic E-state index is 6.89. The maximum absolute atomic E-state index is 6.89. The van der Waals surface area contributed by atoms with Crippen LogP contribution in [0.15, 0.2) is 89.3 Å². The second kappa shape index (κ2) is 10.1. The molecule has 0 aliphatic carbocycles. The topological polar surface area (TPSA) is 13.1 Å². The first kappa shape index (κ1) is 28.1. The van der Waals surface area contributed by atoms with Gasteiger partial charge >= 0.3 is 0 Å². The first-order valence-electron chi connectivity index (χ1n) is 14.3. The number of furan rings is 1. The van der Waals surface area contributed by atoms with E-state index in [1.807, 2.05) is 78.9 Å². The highest BCUT2D eigenvalue weighted by Crippen LogP contribution is 2.42. The van der Waals surface area contributed by atoms with Gasteiger partial charge in [-0.15, -0.1) is 21.9 Å². The van der Waals surface area contributed by atoms with Gasteiger partial charge in [0.2, 0.25) is 0 Å². The first-order chi connectivity index (χ1) is 21.7. The summed E-state index contributed by atoms with van der Waals surface area (Å²) in [6.45, 7) is 0. The lowest BCUT2D eigenvalue weighted by atomic mass is 9.59. The van der Waals surface area contributed by atoms with E-state index < -0.39 is 0 Å². The Morgan fingerprint density at radius 1 is 0.356 bits per heavy atom. The Morgan fingerprint density at radius 3 is 1.38 bits per heavy atom. The van der Waals surface area contributed by atoms with E-state index in [4.69, 9.17) is 67.2 Å². The van der Waals surface area contributed by atoms with Crippen molar-refractivity contribution in [3.63, 3.8) is 0 Å². The van der Waals surface area contributed by atoms with Crippen molar-refractivity contribution in [1.82, 2.24) is 0 Å². The molecule has 7 aromatic carbocycles. The lowest BCUT2D eigenvalue weighted by Crippen LogP contribution is -2.50. The van der Waals surface area contributed by atoms with Crippen LogP contribution < -0.4 is 43.7 Å². The molecule has 0 aliphatic heterocycles. The first-order valence-corrected chi connectivity index (χ1v) is 14.3. The van der Waals surface area contributed by atoms with E-state index in [0.717, 1.165) is 43.8 Å². The van der Waals surface area contributed by atoms with Crippen LogP contribution in [0.25, 0.3) is 76.5 Å². The average Bonchev–Trinajstić information content (AvgIpc) is 3.44. The number of rotatable bonds is 2. The van der Waals surface area contributed by atoms with Crippen LogP contribution in [0.3, 0.4) is 0 Å². The summed E-state index contributed by atoms with van der Waals surface area (Å²) in [6, 6.07) is 27.9. The van der Waals surface area contributed by atoms with Crippen LogP contribution in [0.1, 0.15) is 0 Å². The summed E-state index contributed by atoms with van der Waals surface area (Å²) in [4.78, 5) is 0. The minimum Gasteiger partial charge on any atom is -0.456 e. The van der Waals surface area contributed by atoms with Crippen LogP contribution in [-0.2, 0) is 0 Å². The van der Waals surface area contributed by atoms with Gasteiger partial charge in [-0.2, -0.15) is 0 Å². The fourth-order valence-corrected chi connectivity index (χ4v) is 6.75. The van der Waals surface area contributed by atoms with Gasteiger partial charge in [0.25, 0.3) is 0 Å². The predicted octanol–water partition coefficient (Wildman–Crippen LogP) is 0.730. The molecule has 9 heteroatoms. The number of hydrogen-bond donors (Lipinski definition) is 0. The number of fused-ring (bicyclic) bond motifs is 6. The summed E-state index contributed by atoms with van der Waals surface area (Å²) >= 11 is 0. The van der Waals surface area contributed by atoms with Gasteiger partial charge in [0, 0.05) is 10.8 Å². The molecule has 0 amide bonds. The summed E-state index contributed by atoms with van der Waals surface area (Å²) in [6.07, 6.45) is 0. The summed E-state index contributed by atoms with van der Waals surface area (Å²) in [5.41, 5.74) is 6.21. The van der Waals surface area contributed by atoms with Crippen molar-refractivity contribution in [3.8, 4) is 22.3 Å². The highest BCUT2D eigenvalue weighted by atomic mass is 16.3. The molecule has 0 N–H and O–H groups in total. The monoisotopic (exact) mass is 550 g/mol. The van der Waals surface area contributed by atoms with Crippen molar-refractivity contribution in [2.45, 2.75) is 0 Å². The average molecular weight is 549 g/mol. The molecule has 1 aromatic heterocycles. The molecule has 0 saturated heterocycles. The highest BCUT2D eigenvalue weighted by molar-refractivity contribution is 6.71. The van der Waals surface area contributed by atoms with E-state index in [1.54, 1.807) is 0 Å². The third kappa shape index (κ3) is 3.92. The van der Waals surface area contributed by atoms with Crippen LogP contribution in [0.5, 0.6) is 0 Å². The van der Waals surface area contributed by atoms with E-state index >= 15 is 0 Å². The number of para-hydroxylation sites is 1. The van der Waals surface area contributed by atoms with Gasteiger partial charge in [-0.1, -0.05) is 82.5 Å². The van der Waals surface area contributed by atoms with Crippen molar-refractivity contribution in [3.05, 3.63) is 84.9 Å². The molecule has 45 heavy (non-hydrogen) atoms. The molecule has 188 valence electrons. The van der Waals surface area contributed by atoms with E-state index in [9.17, 15) is 0 Å². The fourth-order valence-electron chi connectivity index (χ4n) is 6.75. The van der Waals surface area contributed by atoms with Gasteiger partial charge < -0.3 is 4.42 Å². The molecule has 0 atom stereocenters. The van der Waals surface area contributed by atoms with E-state index in [1.165, 1.54) is 0 Å². The standard InChI is InChI=1S/C36H14B8O/c37-29-25-23(17-10-9-15-5-1-2-6-16(15)13-17)26-28(32(40)36(44)34(42)30(26)38)24(27(25)31(39)35(43)33(29)41)18-11-12-22-20(14-18)19-7-3-4-8-21(19)45-22/h1-14H. The molecule has 8 aromatic rings. The maximum Gasteiger partial charge on any atom is 0.135 e. The molecule has 1 heterocycles. The quantitative estimate of drug-likeness (QED) is 0.229. The molecule has 0 saturated carbocycles. The van der Waals surface area contributed by atoms with Crippen LogP contribution in [0.2, 0.25) is 0 Å². The molecule has 0 fully saturated rings. The second-order valence-electron chi connectivity index (χ2n) is 11.4. The normalized spacial score (nSPS) is 11.8. The van der Waals surface area contributed by atoms with Gasteiger partial charge in [0.05, 0.1) is 0 Å². The van der Waals surface area contributed by atoms with E-state index in [0.29, 0.717) is 32.7 Å². The van der Waals surface area contributed by atoms with Crippen molar-refractivity contribution in [1.29, 1.82) is 0 Å². The summed E-state index contributed by atoms with van der Waals surface area (Å²) < 4.78 is 6.12. The van der Waals surface area contributed by atoms with Gasteiger partial charge in [-0.25, -0.2) is 0 Å². The Bertz CT molecular complexity index is 2500. The molecule has 16 radical (unpaired) electrons. The molecule has 0 unspecified atom stereocenters. The zero-order valence-electron chi connectivity index (χ0n) is 24.1. The molecule has 0 aliphatic rings. The number of hydrogen-bond acceptors (Lipinski definition) is 1.